The van der Waals surface area contributed by atoms with Gasteiger partial charge in [0.25, 0.3) is 0 Å². The summed E-state index contributed by atoms with van der Waals surface area (Å²) >= 11 is 0. The summed E-state index contributed by atoms with van der Waals surface area (Å²) in [7, 11) is 0. The molecule has 2 aromatic heterocycles. The highest BCUT2D eigenvalue weighted by atomic mass is 19.1. The number of alkyl halides is 1. The number of aromatic carboxylic acids is 1. The predicted octanol–water partition coefficient (Wildman–Crippen LogP) is 2.37. The van der Waals surface area contributed by atoms with Gasteiger partial charge in [-0.15, -0.1) is 0 Å². The summed E-state index contributed by atoms with van der Waals surface area (Å²) in [6, 6.07) is 10.9. The van der Waals surface area contributed by atoms with E-state index < -0.39 is 12.1 Å². The van der Waals surface area contributed by atoms with Crippen LogP contribution in [-0.4, -0.2) is 44.7 Å². The lowest BCUT2D eigenvalue weighted by Crippen LogP contribution is -2.25. The standard InChI is InChI=1S/C17H15FN4O2/c18-13-10-21(9-12(13)11-4-2-1-3-5-11)17-20-14(16(23)24)8-15-19-6-7-22(15)17/h1-8,12-13H,9-10H2,(H,23,24)/t12-,13-/m1/s1. The van der Waals surface area contributed by atoms with Gasteiger partial charge in [-0.2, -0.15) is 0 Å². The van der Waals surface area contributed by atoms with Gasteiger partial charge in [0, 0.05) is 30.9 Å². The zero-order chi connectivity index (χ0) is 16.7. The Labute approximate surface area is 137 Å². The Morgan fingerprint density at radius 1 is 1.25 bits per heavy atom. The van der Waals surface area contributed by atoms with Gasteiger partial charge in [0.15, 0.2) is 5.69 Å². The van der Waals surface area contributed by atoms with Gasteiger partial charge in [-0.25, -0.2) is 19.2 Å². The van der Waals surface area contributed by atoms with Crippen LogP contribution < -0.4 is 4.90 Å². The molecule has 6 nitrogen and oxygen atoms in total. The summed E-state index contributed by atoms with van der Waals surface area (Å²) in [6.07, 6.45) is 2.23. The summed E-state index contributed by atoms with van der Waals surface area (Å²) in [5.41, 5.74) is 1.32. The number of benzene rings is 1. The molecule has 1 aromatic carbocycles. The Morgan fingerprint density at radius 2 is 2.04 bits per heavy atom. The molecule has 122 valence electrons. The van der Waals surface area contributed by atoms with Crippen molar-refractivity contribution in [2.75, 3.05) is 18.0 Å². The van der Waals surface area contributed by atoms with Crippen molar-refractivity contribution in [1.29, 1.82) is 0 Å². The number of anilines is 1. The Bertz CT molecular complexity index is 896. The Balaban J connectivity index is 1.73. The summed E-state index contributed by atoms with van der Waals surface area (Å²) in [5.74, 6) is -0.985. The van der Waals surface area contributed by atoms with Crippen molar-refractivity contribution in [3.8, 4) is 0 Å². The topological polar surface area (TPSA) is 70.7 Å². The summed E-state index contributed by atoms with van der Waals surface area (Å²) in [6.45, 7) is 0.609. The van der Waals surface area contributed by atoms with Crippen molar-refractivity contribution in [1.82, 2.24) is 14.4 Å². The molecule has 1 fully saturated rings. The van der Waals surface area contributed by atoms with E-state index in [4.69, 9.17) is 0 Å². The highest BCUT2D eigenvalue weighted by molar-refractivity contribution is 5.87. The quantitative estimate of drug-likeness (QED) is 0.800. The van der Waals surface area contributed by atoms with Gasteiger partial charge in [0.2, 0.25) is 5.95 Å². The minimum Gasteiger partial charge on any atom is -0.477 e. The van der Waals surface area contributed by atoms with Crippen molar-refractivity contribution in [3.05, 3.63) is 60.0 Å². The molecule has 0 unspecified atom stereocenters. The molecule has 24 heavy (non-hydrogen) atoms. The minimum absolute atomic E-state index is 0.0951. The van der Waals surface area contributed by atoms with Crippen LogP contribution in [0, 0.1) is 0 Å². The third kappa shape index (κ3) is 2.38. The molecule has 0 amide bonds. The maximum absolute atomic E-state index is 14.6. The molecule has 7 heteroatoms. The fourth-order valence-electron chi connectivity index (χ4n) is 3.18. The highest BCUT2D eigenvalue weighted by Crippen LogP contribution is 2.32. The van der Waals surface area contributed by atoms with Gasteiger partial charge < -0.3 is 10.0 Å². The maximum Gasteiger partial charge on any atom is 0.354 e. The summed E-state index contributed by atoms with van der Waals surface area (Å²) < 4.78 is 16.3. The molecule has 4 rings (SSSR count). The first-order valence-electron chi connectivity index (χ1n) is 7.65. The SMILES string of the molecule is O=C(O)c1cc2nccn2c(N2C[C@@H](F)[C@@H](c3ccccc3)C2)n1. The zero-order valence-electron chi connectivity index (χ0n) is 12.7. The highest BCUT2D eigenvalue weighted by Gasteiger charge is 2.35. The van der Waals surface area contributed by atoms with Gasteiger partial charge in [0.05, 0.1) is 6.54 Å². The van der Waals surface area contributed by atoms with Crippen molar-refractivity contribution < 1.29 is 14.3 Å². The molecular formula is C17H15FN4O2. The minimum atomic E-state index is -1.13. The Morgan fingerprint density at radius 3 is 2.79 bits per heavy atom. The number of halogens is 1. The third-order valence-corrected chi connectivity index (χ3v) is 4.35. The molecule has 1 saturated heterocycles. The number of carboxylic acids is 1. The van der Waals surface area contributed by atoms with Crippen molar-refractivity contribution in [2.45, 2.75) is 12.1 Å². The van der Waals surface area contributed by atoms with E-state index in [-0.39, 0.29) is 18.2 Å². The van der Waals surface area contributed by atoms with Crippen LogP contribution in [0.15, 0.2) is 48.8 Å². The van der Waals surface area contributed by atoms with Gasteiger partial charge in [-0.1, -0.05) is 30.3 Å². The van der Waals surface area contributed by atoms with Crippen LogP contribution in [0.4, 0.5) is 10.3 Å². The number of aromatic nitrogens is 3. The first-order chi connectivity index (χ1) is 11.6. The monoisotopic (exact) mass is 326 g/mol. The molecule has 0 saturated carbocycles. The van der Waals surface area contributed by atoms with Gasteiger partial charge >= 0.3 is 5.97 Å². The first-order valence-corrected chi connectivity index (χ1v) is 7.65. The fourth-order valence-corrected chi connectivity index (χ4v) is 3.18. The second-order valence-electron chi connectivity index (χ2n) is 5.84. The molecule has 0 radical (unpaired) electrons. The average molecular weight is 326 g/mol. The van der Waals surface area contributed by atoms with Crippen molar-refractivity contribution in [3.63, 3.8) is 0 Å². The van der Waals surface area contributed by atoms with Crippen LogP contribution in [0.3, 0.4) is 0 Å². The van der Waals surface area contributed by atoms with Crippen molar-refractivity contribution in [2.24, 2.45) is 0 Å². The zero-order valence-corrected chi connectivity index (χ0v) is 12.7. The third-order valence-electron chi connectivity index (χ3n) is 4.35. The van der Waals surface area contributed by atoms with Gasteiger partial charge in [-0.3, -0.25) is 4.40 Å². The molecule has 1 aliphatic rings. The van der Waals surface area contributed by atoms with E-state index in [9.17, 15) is 14.3 Å². The average Bonchev–Trinajstić information content (AvgIpc) is 3.21. The van der Waals surface area contributed by atoms with E-state index in [2.05, 4.69) is 9.97 Å². The van der Waals surface area contributed by atoms with Crippen LogP contribution in [0.1, 0.15) is 22.0 Å². The maximum atomic E-state index is 14.6. The molecule has 3 heterocycles. The van der Waals surface area contributed by atoms with E-state index >= 15 is 0 Å². The van der Waals surface area contributed by atoms with Crippen LogP contribution >= 0.6 is 0 Å². The Hall–Kier alpha value is -2.96. The van der Waals surface area contributed by atoms with Crippen LogP contribution in [-0.2, 0) is 0 Å². The normalized spacial score (nSPS) is 20.6. The molecule has 3 aromatic rings. The number of nitrogens with zero attached hydrogens (tertiary/aromatic N) is 4. The number of carboxylic acid groups (broad SMARTS) is 1. The molecule has 0 aliphatic carbocycles. The van der Waals surface area contributed by atoms with E-state index in [0.29, 0.717) is 18.1 Å². The number of fused-ring (bicyclic) bond motifs is 1. The number of rotatable bonds is 3. The van der Waals surface area contributed by atoms with E-state index in [0.717, 1.165) is 5.56 Å². The number of imidazole rings is 1. The number of carbonyl (C=O) groups is 1. The molecule has 0 spiro atoms. The first kappa shape index (κ1) is 14.6. The van der Waals surface area contributed by atoms with E-state index in [1.165, 1.54) is 6.07 Å². The van der Waals surface area contributed by atoms with Gasteiger partial charge in [0.1, 0.15) is 11.8 Å². The van der Waals surface area contributed by atoms with E-state index in [1.807, 2.05) is 30.3 Å². The second kappa shape index (κ2) is 5.59. The summed E-state index contributed by atoms with van der Waals surface area (Å²) in [4.78, 5) is 21.4. The van der Waals surface area contributed by atoms with Crippen LogP contribution in [0.25, 0.3) is 5.65 Å². The Kier molecular flexibility index (Phi) is 3.41. The van der Waals surface area contributed by atoms with Crippen LogP contribution in [0.5, 0.6) is 0 Å². The number of hydrogen-bond acceptors (Lipinski definition) is 4. The van der Waals surface area contributed by atoms with Crippen molar-refractivity contribution >= 4 is 17.6 Å². The number of hydrogen-bond donors (Lipinski definition) is 1. The smallest absolute Gasteiger partial charge is 0.354 e. The lowest BCUT2D eigenvalue weighted by molar-refractivity contribution is 0.0690. The lowest BCUT2D eigenvalue weighted by atomic mass is 9.97. The predicted molar refractivity (Wildman–Crippen MR) is 86.2 cm³/mol. The molecule has 0 bridgehead atoms. The van der Waals surface area contributed by atoms with E-state index in [1.54, 1.807) is 21.7 Å². The fraction of sp³-hybridized carbons (Fsp3) is 0.235. The molecule has 2 atom stereocenters. The second-order valence-corrected chi connectivity index (χ2v) is 5.84. The molecule has 1 N–H and O–H groups in total. The largest absolute Gasteiger partial charge is 0.477 e. The molecular weight excluding hydrogens is 311 g/mol. The van der Waals surface area contributed by atoms with Gasteiger partial charge in [-0.05, 0) is 5.56 Å². The lowest BCUT2D eigenvalue weighted by Gasteiger charge is -2.18. The molecule has 1 aliphatic heterocycles. The van der Waals surface area contributed by atoms with Crippen LogP contribution in [0.2, 0.25) is 0 Å². The summed E-state index contributed by atoms with van der Waals surface area (Å²) in [5, 5.41) is 9.24.